The highest BCUT2D eigenvalue weighted by atomic mass is 19.1. The average Bonchev–Trinajstić information content (AvgIpc) is 3.31. The van der Waals surface area contributed by atoms with Crippen LogP contribution in [0.15, 0.2) is 18.2 Å². The van der Waals surface area contributed by atoms with Crippen LogP contribution in [0.3, 0.4) is 0 Å². The van der Waals surface area contributed by atoms with Crippen LogP contribution < -0.4 is 10.1 Å². The fraction of sp³-hybridized carbons (Fsp3) is 0.625. The first-order chi connectivity index (χ1) is 9.63. The molecule has 0 heterocycles. The lowest BCUT2D eigenvalue weighted by Crippen LogP contribution is -2.56. The van der Waals surface area contributed by atoms with Gasteiger partial charge in [0.15, 0.2) is 0 Å². The molecule has 20 heavy (non-hydrogen) atoms. The predicted molar refractivity (Wildman–Crippen MR) is 75.3 cm³/mol. The van der Waals surface area contributed by atoms with Gasteiger partial charge in [-0.25, -0.2) is 4.39 Å². The van der Waals surface area contributed by atoms with Gasteiger partial charge in [-0.05, 0) is 50.2 Å². The maximum Gasteiger partial charge on any atom is 0.129 e. The van der Waals surface area contributed by atoms with Crippen molar-refractivity contribution in [2.45, 2.75) is 44.2 Å². The summed E-state index contributed by atoms with van der Waals surface area (Å²) in [6, 6.07) is 5.43. The van der Waals surface area contributed by atoms with Gasteiger partial charge in [-0.1, -0.05) is 6.07 Å². The molecule has 0 bridgehead atoms. The first-order valence-electron chi connectivity index (χ1n) is 7.40. The monoisotopic (exact) mass is 279 g/mol. The SMILES string of the molecule is Cc1ccc(OCC(CO)(NC2CC2)C2CC2)cc1F. The molecule has 3 rings (SSSR count). The van der Waals surface area contributed by atoms with Gasteiger partial charge in [0.05, 0.1) is 12.1 Å². The number of rotatable bonds is 7. The van der Waals surface area contributed by atoms with Crippen LogP contribution in [0, 0.1) is 18.7 Å². The van der Waals surface area contributed by atoms with E-state index < -0.39 is 0 Å². The minimum atomic E-state index is -0.359. The molecule has 1 unspecified atom stereocenters. The van der Waals surface area contributed by atoms with E-state index in [1.54, 1.807) is 19.1 Å². The predicted octanol–water partition coefficient (Wildman–Crippen LogP) is 2.41. The summed E-state index contributed by atoms with van der Waals surface area (Å²) in [7, 11) is 0. The van der Waals surface area contributed by atoms with E-state index in [1.165, 1.54) is 18.9 Å². The van der Waals surface area contributed by atoms with Gasteiger partial charge >= 0.3 is 0 Å². The third kappa shape index (κ3) is 2.96. The summed E-state index contributed by atoms with van der Waals surface area (Å²) in [5.41, 5.74) is 0.256. The third-order valence-electron chi connectivity index (χ3n) is 4.35. The highest BCUT2D eigenvalue weighted by Gasteiger charge is 2.48. The zero-order chi connectivity index (χ0) is 14.2. The second-order valence-corrected chi connectivity index (χ2v) is 6.21. The molecule has 0 saturated heterocycles. The van der Waals surface area contributed by atoms with Crippen molar-refractivity contribution in [3.8, 4) is 5.75 Å². The maximum atomic E-state index is 13.5. The molecule has 0 aliphatic heterocycles. The Hall–Kier alpha value is -1.13. The van der Waals surface area contributed by atoms with Gasteiger partial charge < -0.3 is 15.2 Å². The Morgan fingerprint density at radius 1 is 1.35 bits per heavy atom. The van der Waals surface area contributed by atoms with Crippen LogP contribution in [0.1, 0.15) is 31.2 Å². The van der Waals surface area contributed by atoms with Crippen molar-refractivity contribution in [1.82, 2.24) is 5.32 Å². The number of aliphatic hydroxyl groups excluding tert-OH is 1. The molecule has 0 amide bonds. The van der Waals surface area contributed by atoms with Gasteiger partial charge in [0, 0.05) is 12.1 Å². The van der Waals surface area contributed by atoms with Gasteiger partial charge in [-0.3, -0.25) is 0 Å². The summed E-state index contributed by atoms with van der Waals surface area (Å²) in [6.07, 6.45) is 4.61. The lowest BCUT2D eigenvalue weighted by molar-refractivity contribution is 0.0830. The molecule has 1 atom stereocenters. The van der Waals surface area contributed by atoms with E-state index in [4.69, 9.17) is 4.74 Å². The highest BCUT2D eigenvalue weighted by Crippen LogP contribution is 2.41. The summed E-state index contributed by atoms with van der Waals surface area (Å²) in [5, 5.41) is 13.4. The molecule has 2 aliphatic carbocycles. The van der Waals surface area contributed by atoms with Crippen LogP contribution in [0.4, 0.5) is 4.39 Å². The van der Waals surface area contributed by atoms with E-state index in [-0.39, 0.29) is 18.0 Å². The Morgan fingerprint density at radius 3 is 2.65 bits per heavy atom. The number of hydrogen-bond donors (Lipinski definition) is 2. The molecule has 1 aromatic carbocycles. The first kappa shape index (κ1) is 13.8. The van der Waals surface area contributed by atoms with E-state index >= 15 is 0 Å². The minimum absolute atomic E-state index is 0.0719. The lowest BCUT2D eigenvalue weighted by atomic mass is 9.95. The molecule has 2 aliphatic rings. The van der Waals surface area contributed by atoms with Crippen LogP contribution in [0.2, 0.25) is 0 Å². The summed E-state index contributed by atoms with van der Waals surface area (Å²) >= 11 is 0. The van der Waals surface area contributed by atoms with Crippen molar-refractivity contribution in [2.24, 2.45) is 5.92 Å². The minimum Gasteiger partial charge on any atom is -0.491 e. The topological polar surface area (TPSA) is 41.5 Å². The van der Waals surface area contributed by atoms with Crippen LogP contribution in [0.25, 0.3) is 0 Å². The first-order valence-corrected chi connectivity index (χ1v) is 7.40. The van der Waals surface area contributed by atoms with E-state index in [0.717, 1.165) is 12.8 Å². The Bertz CT molecular complexity index is 485. The van der Waals surface area contributed by atoms with Crippen molar-refractivity contribution in [3.05, 3.63) is 29.6 Å². The summed E-state index contributed by atoms with van der Waals surface area (Å²) < 4.78 is 19.3. The van der Waals surface area contributed by atoms with E-state index in [0.29, 0.717) is 29.9 Å². The standard InChI is InChI=1S/C16H22FNO2/c1-11-2-7-14(8-15(11)17)20-10-16(9-19,12-3-4-12)18-13-5-6-13/h2,7-8,12-13,18-19H,3-6,9-10H2,1H3. The van der Waals surface area contributed by atoms with Gasteiger partial charge in [-0.2, -0.15) is 0 Å². The van der Waals surface area contributed by atoms with E-state index in [1.807, 2.05) is 0 Å². The fourth-order valence-corrected chi connectivity index (χ4v) is 2.64. The van der Waals surface area contributed by atoms with Gasteiger partial charge in [-0.15, -0.1) is 0 Å². The van der Waals surface area contributed by atoms with Crippen LogP contribution in [-0.2, 0) is 0 Å². The normalized spacial score (nSPS) is 21.6. The summed E-state index contributed by atoms with van der Waals surface area (Å²) in [4.78, 5) is 0. The Labute approximate surface area is 119 Å². The highest BCUT2D eigenvalue weighted by molar-refractivity contribution is 5.28. The molecule has 2 fully saturated rings. The number of aryl methyl sites for hydroxylation is 1. The third-order valence-corrected chi connectivity index (χ3v) is 4.35. The quantitative estimate of drug-likeness (QED) is 0.805. The van der Waals surface area contributed by atoms with Crippen molar-refractivity contribution >= 4 is 0 Å². The second kappa shape index (κ2) is 5.34. The smallest absolute Gasteiger partial charge is 0.129 e. The van der Waals surface area contributed by atoms with E-state index in [2.05, 4.69) is 5.32 Å². The summed E-state index contributed by atoms with van der Waals surface area (Å²) in [5.74, 6) is 0.756. The zero-order valence-corrected chi connectivity index (χ0v) is 11.9. The lowest BCUT2D eigenvalue weighted by Gasteiger charge is -2.33. The molecule has 110 valence electrons. The van der Waals surface area contributed by atoms with E-state index in [9.17, 15) is 9.50 Å². The molecule has 0 radical (unpaired) electrons. The molecule has 1 aromatic rings. The Balaban J connectivity index is 1.67. The van der Waals surface area contributed by atoms with Crippen LogP contribution in [0.5, 0.6) is 5.75 Å². The summed E-state index contributed by atoms with van der Waals surface area (Å²) in [6.45, 7) is 2.20. The average molecular weight is 279 g/mol. The van der Waals surface area contributed by atoms with Crippen molar-refractivity contribution in [1.29, 1.82) is 0 Å². The number of benzene rings is 1. The molecule has 0 spiro atoms. The van der Waals surface area contributed by atoms with Gasteiger partial charge in [0.25, 0.3) is 0 Å². The second-order valence-electron chi connectivity index (χ2n) is 6.21. The van der Waals surface area contributed by atoms with Crippen molar-refractivity contribution in [3.63, 3.8) is 0 Å². The molecular formula is C16H22FNO2. The van der Waals surface area contributed by atoms with Gasteiger partial charge in [0.1, 0.15) is 18.2 Å². The maximum absolute atomic E-state index is 13.5. The van der Waals surface area contributed by atoms with Crippen molar-refractivity contribution < 1.29 is 14.2 Å². The number of halogens is 1. The largest absolute Gasteiger partial charge is 0.491 e. The van der Waals surface area contributed by atoms with Crippen molar-refractivity contribution in [2.75, 3.05) is 13.2 Å². The molecule has 2 saturated carbocycles. The number of aliphatic hydroxyl groups is 1. The fourth-order valence-electron chi connectivity index (χ4n) is 2.64. The number of hydrogen-bond acceptors (Lipinski definition) is 3. The van der Waals surface area contributed by atoms with Crippen LogP contribution in [-0.4, -0.2) is 29.9 Å². The molecule has 4 heteroatoms. The zero-order valence-electron chi connectivity index (χ0n) is 11.9. The number of ether oxygens (including phenoxy) is 1. The molecule has 0 aromatic heterocycles. The van der Waals surface area contributed by atoms with Gasteiger partial charge in [0.2, 0.25) is 0 Å². The Morgan fingerprint density at radius 2 is 2.10 bits per heavy atom. The molecular weight excluding hydrogens is 257 g/mol. The van der Waals surface area contributed by atoms with Crippen LogP contribution >= 0.6 is 0 Å². The molecule has 2 N–H and O–H groups in total. The Kier molecular flexibility index (Phi) is 3.69. The molecule has 3 nitrogen and oxygen atoms in total. The number of nitrogens with one attached hydrogen (secondary N) is 1.